The molecule has 1 rings (SSSR count). The van der Waals surface area contributed by atoms with E-state index in [0.717, 1.165) is 18.4 Å². The minimum atomic E-state index is -1.56. The smallest absolute Gasteiger partial charge is 0.321 e. The third-order valence-corrected chi connectivity index (χ3v) is 3.48. The van der Waals surface area contributed by atoms with E-state index in [9.17, 15) is 5.11 Å². The third-order valence-electron chi connectivity index (χ3n) is 3.48. The van der Waals surface area contributed by atoms with E-state index in [1.807, 2.05) is 25.1 Å². The minimum Gasteiger partial charge on any atom is -0.439 e. The maximum atomic E-state index is 10.0. The summed E-state index contributed by atoms with van der Waals surface area (Å²) in [6.45, 7) is 6.00. The Morgan fingerprint density at radius 1 is 1.00 bits per heavy atom. The van der Waals surface area contributed by atoms with Crippen LogP contribution >= 0.6 is 0 Å². The standard InChI is InChI=1S/C18H30O3/c1-4-6-7-8-9-10-13-16-14-11-12-15-17(16)21-18(3,19)20-5-2/h11-12,14-15,19H,4-10,13H2,1-3H3. The van der Waals surface area contributed by atoms with Crippen molar-refractivity contribution in [1.29, 1.82) is 0 Å². The molecule has 3 heteroatoms. The Balaban J connectivity index is 2.47. The fourth-order valence-electron chi connectivity index (χ4n) is 2.41. The molecule has 0 aliphatic heterocycles. The molecule has 0 spiro atoms. The van der Waals surface area contributed by atoms with Crippen molar-refractivity contribution in [2.75, 3.05) is 6.61 Å². The lowest BCUT2D eigenvalue weighted by Gasteiger charge is -2.25. The van der Waals surface area contributed by atoms with E-state index in [-0.39, 0.29) is 0 Å². The second-order valence-electron chi connectivity index (χ2n) is 5.56. The summed E-state index contributed by atoms with van der Waals surface area (Å²) >= 11 is 0. The average Bonchev–Trinajstić information content (AvgIpc) is 2.44. The molecule has 0 radical (unpaired) electrons. The summed E-state index contributed by atoms with van der Waals surface area (Å²) in [6, 6.07) is 7.88. The van der Waals surface area contributed by atoms with Gasteiger partial charge in [-0.2, -0.15) is 0 Å². The van der Waals surface area contributed by atoms with Crippen molar-refractivity contribution in [1.82, 2.24) is 0 Å². The van der Waals surface area contributed by atoms with Gasteiger partial charge in [0.05, 0.1) is 6.61 Å². The summed E-state index contributed by atoms with van der Waals surface area (Å²) in [5, 5.41) is 10.0. The summed E-state index contributed by atoms with van der Waals surface area (Å²) in [6.07, 6.45) is 8.61. The second-order valence-corrected chi connectivity index (χ2v) is 5.56. The molecule has 1 aromatic rings. The Bertz CT molecular complexity index is 388. The third kappa shape index (κ3) is 7.49. The highest BCUT2D eigenvalue weighted by Gasteiger charge is 2.23. The molecule has 1 aromatic carbocycles. The predicted molar refractivity (Wildman–Crippen MR) is 86.4 cm³/mol. The van der Waals surface area contributed by atoms with Crippen LogP contribution in [0, 0.1) is 0 Å². The van der Waals surface area contributed by atoms with E-state index in [1.165, 1.54) is 39.0 Å². The van der Waals surface area contributed by atoms with Crippen molar-refractivity contribution in [2.24, 2.45) is 0 Å². The van der Waals surface area contributed by atoms with Gasteiger partial charge in [0.1, 0.15) is 5.75 Å². The topological polar surface area (TPSA) is 38.7 Å². The quantitative estimate of drug-likeness (QED) is 0.476. The molecule has 3 nitrogen and oxygen atoms in total. The minimum absolute atomic E-state index is 0.409. The van der Waals surface area contributed by atoms with Gasteiger partial charge >= 0.3 is 5.97 Å². The highest BCUT2D eigenvalue weighted by molar-refractivity contribution is 5.33. The summed E-state index contributed by atoms with van der Waals surface area (Å²) in [5.41, 5.74) is 1.13. The number of ether oxygens (including phenoxy) is 2. The van der Waals surface area contributed by atoms with E-state index in [0.29, 0.717) is 12.4 Å². The van der Waals surface area contributed by atoms with E-state index in [1.54, 1.807) is 0 Å². The number of unbranched alkanes of at least 4 members (excludes halogenated alkanes) is 5. The van der Waals surface area contributed by atoms with Crippen LogP contribution in [0.25, 0.3) is 0 Å². The van der Waals surface area contributed by atoms with E-state index in [4.69, 9.17) is 9.47 Å². The zero-order valence-electron chi connectivity index (χ0n) is 13.7. The zero-order valence-corrected chi connectivity index (χ0v) is 13.7. The van der Waals surface area contributed by atoms with Crippen LogP contribution in [0.15, 0.2) is 24.3 Å². The Hall–Kier alpha value is -1.06. The lowest BCUT2D eigenvalue weighted by atomic mass is 10.0. The molecule has 0 saturated heterocycles. The number of aliphatic hydroxyl groups is 1. The first kappa shape index (κ1) is 18.0. The number of hydrogen-bond donors (Lipinski definition) is 1. The molecule has 21 heavy (non-hydrogen) atoms. The highest BCUT2D eigenvalue weighted by atomic mass is 16.8. The van der Waals surface area contributed by atoms with Crippen LogP contribution in [0.5, 0.6) is 5.75 Å². The molecule has 0 amide bonds. The van der Waals surface area contributed by atoms with Gasteiger partial charge in [0.25, 0.3) is 0 Å². The molecule has 1 N–H and O–H groups in total. The van der Waals surface area contributed by atoms with E-state index >= 15 is 0 Å². The first-order chi connectivity index (χ1) is 10.1. The van der Waals surface area contributed by atoms with Crippen LogP contribution in [-0.4, -0.2) is 17.7 Å². The first-order valence-corrected chi connectivity index (χ1v) is 8.22. The van der Waals surface area contributed by atoms with Gasteiger partial charge in [0.15, 0.2) is 0 Å². The van der Waals surface area contributed by atoms with Crippen LogP contribution in [0.4, 0.5) is 0 Å². The lowest BCUT2D eigenvalue weighted by molar-refractivity contribution is -0.305. The van der Waals surface area contributed by atoms with E-state index < -0.39 is 5.97 Å². The monoisotopic (exact) mass is 294 g/mol. The summed E-state index contributed by atoms with van der Waals surface area (Å²) in [5.74, 6) is -0.851. The normalized spacial score (nSPS) is 13.9. The lowest BCUT2D eigenvalue weighted by Crippen LogP contribution is -2.35. The van der Waals surface area contributed by atoms with Gasteiger partial charge in [-0.3, -0.25) is 0 Å². The molecule has 1 atom stereocenters. The van der Waals surface area contributed by atoms with Gasteiger partial charge in [-0.25, -0.2) is 0 Å². The van der Waals surface area contributed by atoms with Crippen molar-refractivity contribution >= 4 is 0 Å². The molecule has 0 saturated carbocycles. The predicted octanol–water partition coefficient (Wildman–Crippen LogP) is 4.67. The SMILES string of the molecule is CCCCCCCCc1ccccc1OC(C)(O)OCC. The zero-order chi connectivity index (χ0) is 15.6. The molecular formula is C18H30O3. The Kier molecular flexibility index (Phi) is 8.40. The molecule has 0 bridgehead atoms. The molecule has 0 heterocycles. The molecular weight excluding hydrogens is 264 g/mol. The molecule has 1 unspecified atom stereocenters. The molecule has 120 valence electrons. The van der Waals surface area contributed by atoms with Gasteiger partial charge < -0.3 is 14.6 Å². The van der Waals surface area contributed by atoms with Crippen LogP contribution in [0.2, 0.25) is 0 Å². The van der Waals surface area contributed by atoms with Crippen molar-refractivity contribution in [2.45, 2.75) is 71.7 Å². The number of aryl methyl sites for hydroxylation is 1. The Labute approximate surface area is 129 Å². The van der Waals surface area contributed by atoms with Crippen molar-refractivity contribution in [3.63, 3.8) is 0 Å². The Morgan fingerprint density at radius 2 is 1.67 bits per heavy atom. The van der Waals surface area contributed by atoms with Crippen LogP contribution in [0.1, 0.15) is 64.9 Å². The number of rotatable bonds is 11. The maximum absolute atomic E-state index is 10.0. The van der Waals surface area contributed by atoms with E-state index in [2.05, 4.69) is 13.0 Å². The first-order valence-electron chi connectivity index (χ1n) is 8.22. The van der Waals surface area contributed by atoms with Crippen molar-refractivity contribution < 1.29 is 14.6 Å². The second kappa shape index (κ2) is 9.80. The Morgan fingerprint density at radius 3 is 2.38 bits per heavy atom. The highest BCUT2D eigenvalue weighted by Crippen LogP contribution is 2.24. The van der Waals surface area contributed by atoms with Gasteiger partial charge in [-0.05, 0) is 31.4 Å². The average molecular weight is 294 g/mol. The molecule has 0 aromatic heterocycles. The fourth-order valence-corrected chi connectivity index (χ4v) is 2.41. The maximum Gasteiger partial charge on any atom is 0.321 e. The molecule has 0 aliphatic rings. The summed E-state index contributed by atoms with van der Waals surface area (Å²) in [4.78, 5) is 0. The number of hydrogen-bond acceptors (Lipinski definition) is 3. The fraction of sp³-hybridized carbons (Fsp3) is 0.667. The van der Waals surface area contributed by atoms with Crippen LogP contribution in [0.3, 0.4) is 0 Å². The summed E-state index contributed by atoms with van der Waals surface area (Å²) < 4.78 is 10.8. The van der Waals surface area contributed by atoms with Gasteiger partial charge in [0, 0.05) is 6.92 Å². The van der Waals surface area contributed by atoms with Crippen LogP contribution < -0.4 is 4.74 Å². The van der Waals surface area contributed by atoms with Gasteiger partial charge in [-0.15, -0.1) is 0 Å². The van der Waals surface area contributed by atoms with Crippen molar-refractivity contribution in [3.05, 3.63) is 29.8 Å². The summed E-state index contributed by atoms with van der Waals surface area (Å²) in [7, 11) is 0. The van der Waals surface area contributed by atoms with Gasteiger partial charge in [0.2, 0.25) is 0 Å². The number of benzene rings is 1. The van der Waals surface area contributed by atoms with Crippen LogP contribution in [-0.2, 0) is 11.2 Å². The number of para-hydroxylation sites is 1. The molecule has 0 aliphatic carbocycles. The van der Waals surface area contributed by atoms with Crippen molar-refractivity contribution in [3.8, 4) is 5.75 Å². The largest absolute Gasteiger partial charge is 0.439 e. The van der Waals surface area contributed by atoms with Gasteiger partial charge in [-0.1, -0.05) is 57.2 Å². The molecule has 0 fully saturated rings.